The molecule has 6 heteroatoms. The Morgan fingerprint density at radius 2 is 1.95 bits per heavy atom. The number of anilines is 1. The molecule has 0 N–H and O–H groups in total. The van der Waals surface area contributed by atoms with Gasteiger partial charge in [0.05, 0.1) is 4.92 Å². The van der Waals surface area contributed by atoms with Crippen molar-refractivity contribution in [2.75, 3.05) is 31.1 Å². The minimum atomic E-state index is -0.515. The lowest BCUT2D eigenvalue weighted by Crippen LogP contribution is -2.48. The van der Waals surface area contributed by atoms with Gasteiger partial charge >= 0.3 is 0 Å². The van der Waals surface area contributed by atoms with Crippen LogP contribution in [0, 0.1) is 21.4 Å². The molecule has 0 aliphatic carbocycles. The quantitative estimate of drug-likeness (QED) is 0.622. The molecule has 1 aliphatic heterocycles. The van der Waals surface area contributed by atoms with Gasteiger partial charge < -0.3 is 4.90 Å². The van der Waals surface area contributed by atoms with Crippen LogP contribution in [0.3, 0.4) is 0 Å². The van der Waals surface area contributed by atoms with Gasteiger partial charge in [0, 0.05) is 44.0 Å². The number of benzene rings is 1. The third-order valence-corrected chi connectivity index (χ3v) is 3.71. The molecular weight excluding hydrogens is 256 g/mol. The average Bonchev–Trinajstić information content (AvgIpc) is 2.46. The van der Waals surface area contributed by atoms with Crippen LogP contribution in [0.2, 0.25) is 0 Å². The van der Waals surface area contributed by atoms with Crippen molar-refractivity contribution in [1.82, 2.24) is 4.90 Å². The van der Waals surface area contributed by atoms with Crippen molar-refractivity contribution < 1.29 is 4.92 Å². The molecule has 2 rings (SSSR count). The number of hydrogen-bond acceptors (Lipinski definition) is 5. The molecule has 1 aromatic carbocycles. The predicted molar refractivity (Wildman–Crippen MR) is 76.7 cm³/mol. The monoisotopic (exact) mass is 274 g/mol. The van der Waals surface area contributed by atoms with Crippen LogP contribution >= 0.6 is 0 Å². The number of nitro groups is 1. The summed E-state index contributed by atoms with van der Waals surface area (Å²) in [6.45, 7) is 8.04. The molecule has 106 valence electrons. The highest BCUT2D eigenvalue weighted by Gasteiger charge is 2.21. The van der Waals surface area contributed by atoms with Crippen LogP contribution in [0.15, 0.2) is 18.2 Å². The molecule has 1 aromatic rings. The maximum atomic E-state index is 10.8. The molecule has 1 saturated heterocycles. The van der Waals surface area contributed by atoms with Gasteiger partial charge in [0.1, 0.15) is 11.6 Å². The standard InChI is InChI=1S/C14H18N4O2/c1-11(2)16-5-7-17(8-6-16)13-3-4-14(18(19)20)12(9-13)10-15/h3-4,9,11H,5-8H2,1-2H3. The van der Waals surface area contributed by atoms with Gasteiger partial charge in [-0.15, -0.1) is 0 Å². The summed E-state index contributed by atoms with van der Waals surface area (Å²) in [6.07, 6.45) is 0. The molecule has 0 saturated carbocycles. The highest BCUT2D eigenvalue weighted by Crippen LogP contribution is 2.25. The maximum Gasteiger partial charge on any atom is 0.287 e. The molecule has 1 fully saturated rings. The first-order valence-corrected chi connectivity index (χ1v) is 6.70. The van der Waals surface area contributed by atoms with E-state index >= 15 is 0 Å². The van der Waals surface area contributed by atoms with Crippen molar-refractivity contribution in [3.8, 4) is 6.07 Å². The lowest BCUT2D eigenvalue weighted by Gasteiger charge is -2.38. The lowest BCUT2D eigenvalue weighted by atomic mass is 10.1. The second-order valence-corrected chi connectivity index (χ2v) is 5.19. The molecule has 0 spiro atoms. The Hall–Kier alpha value is -2.13. The van der Waals surface area contributed by atoms with Gasteiger partial charge in [-0.1, -0.05) is 0 Å². The van der Waals surface area contributed by atoms with Crippen molar-refractivity contribution in [2.24, 2.45) is 0 Å². The van der Waals surface area contributed by atoms with Crippen LogP contribution < -0.4 is 4.90 Å². The summed E-state index contributed by atoms with van der Waals surface area (Å²) in [7, 11) is 0. The summed E-state index contributed by atoms with van der Waals surface area (Å²) in [5.41, 5.74) is 0.881. The van der Waals surface area contributed by atoms with Crippen molar-refractivity contribution in [3.63, 3.8) is 0 Å². The van der Waals surface area contributed by atoms with E-state index < -0.39 is 4.92 Å². The van der Waals surface area contributed by atoms with E-state index in [1.807, 2.05) is 6.07 Å². The molecule has 0 unspecified atom stereocenters. The van der Waals surface area contributed by atoms with Gasteiger partial charge in [-0.05, 0) is 26.0 Å². The van der Waals surface area contributed by atoms with Gasteiger partial charge in [0.25, 0.3) is 5.69 Å². The minimum absolute atomic E-state index is 0.124. The second-order valence-electron chi connectivity index (χ2n) is 5.19. The fraction of sp³-hybridized carbons (Fsp3) is 0.500. The van der Waals surface area contributed by atoms with Crippen molar-refractivity contribution in [3.05, 3.63) is 33.9 Å². The first-order valence-electron chi connectivity index (χ1n) is 6.70. The molecule has 20 heavy (non-hydrogen) atoms. The highest BCUT2D eigenvalue weighted by atomic mass is 16.6. The van der Waals surface area contributed by atoms with E-state index in [-0.39, 0.29) is 11.3 Å². The van der Waals surface area contributed by atoms with Crippen LogP contribution in [0.4, 0.5) is 11.4 Å². The summed E-state index contributed by atoms with van der Waals surface area (Å²) in [5, 5.41) is 19.8. The van der Waals surface area contributed by atoms with E-state index in [0.29, 0.717) is 6.04 Å². The summed E-state index contributed by atoms with van der Waals surface area (Å²) < 4.78 is 0. The first kappa shape index (κ1) is 14.3. The van der Waals surface area contributed by atoms with Gasteiger partial charge in [-0.25, -0.2) is 0 Å². The average molecular weight is 274 g/mol. The third kappa shape index (κ3) is 2.89. The Kier molecular flexibility index (Phi) is 4.20. The second kappa shape index (κ2) is 5.88. The van der Waals surface area contributed by atoms with Crippen LogP contribution in [0.1, 0.15) is 19.4 Å². The highest BCUT2D eigenvalue weighted by molar-refractivity contribution is 5.60. The zero-order valence-electron chi connectivity index (χ0n) is 11.7. The number of nitriles is 1. The van der Waals surface area contributed by atoms with E-state index in [1.165, 1.54) is 6.07 Å². The van der Waals surface area contributed by atoms with Gasteiger partial charge in [0.15, 0.2) is 0 Å². The predicted octanol–water partition coefficient (Wildman–Crippen LogP) is 2.00. The first-order chi connectivity index (χ1) is 9.52. The molecule has 0 radical (unpaired) electrons. The smallest absolute Gasteiger partial charge is 0.287 e. The van der Waals surface area contributed by atoms with Crippen LogP contribution in [-0.4, -0.2) is 42.0 Å². The molecule has 0 amide bonds. The summed E-state index contributed by atoms with van der Waals surface area (Å²) in [5.74, 6) is 0. The van der Waals surface area contributed by atoms with Crippen molar-refractivity contribution >= 4 is 11.4 Å². The number of nitrogens with zero attached hydrogens (tertiary/aromatic N) is 4. The Morgan fingerprint density at radius 3 is 2.45 bits per heavy atom. The zero-order valence-corrected chi connectivity index (χ0v) is 11.7. The molecule has 1 heterocycles. The number of nitro benzene ring substituents is 1. The maximum absolute atomic E-state index is 10.8. The fourth-order valence-electron chi connectivity index (χ4n) is 2.47. The topological polar surface area (TPSA) is 73.4 Å². The molecule has 0 bridgehead atoms. The van der Waals surface area contributed by atoms with E-state index in [2.05, 4.69) is 23.6 Å². The molecule has 0 atom stereocenters. The van der Waals surface area contributed by atoms with Crippen LogP contribution in [0.5, 0.6) is 0 Å². The number of rotatable bonds is 3. The fourth-order valence-corrected chi connectivity index (χ4v) is 2.47. The normalized spacial score (nSPS) is 16.2. The molecule has 1 aliphatic rings. The summed E-state index contributed by atoms with van der Waals surface area (Å²) >= 11 is 0. The SMILES string of the molecule is CC(C)N1CCN(c2ccc([N+](=O)[O-])c(C#N)c2)CC1. The van der Waals surface area contributed by atoms with E-state index in [1.54, 1.807) is 12.1 Å². The lowest BCUT2D eigenvalue weighted by molar-refractivity contribution is -0.385. The Morgan fingerprint density at radius 1 is 1.30 bits per heavy atom. The van der Waals surface area contributed by atoms with Crippen LogP contribution in [-0.2, 0) is 0 Å². The molecule has 6 nitrogen and oxygen atoms in total. The van der Waals surface area contributed by atoms with Gasteiger partial charge in [-0.3, -0.25) is 15.0 Å². The summed E-state index contributed by atoms with van der Waals surface area (Å²) in [4.78, 5) is 14.9. The van der Waals surface area contributed by atoms with Crippen LogP contribution in [0.25, 0.3) is 0 Å². The zero-order chi connectivity index (χ0) is 14.7. The Labute approximate surface area is 118 Å². The van der Waals surface area contributed by atoms with Gasteiger partial charge in [0.2, 0.25) is 0 Å². The summed E-state index contributed by atoms with van der Waals surface area (Å²) in [6, 6.07) is 7.20. The minimum Gasteiger partial charge on any atom is -0.369 e. The number of piperazine rings is 1. The molecule has 0 aromatic heterocycles. The van der Waals surface area contributed by atoms with Gasteiger partial charge in [-0.2, -0.15) is 5.26 Å². The van der Waals surface area contributed by atoms with Crippen molar-refractivity contribution in [1.29, 1.82) is 5.26 Å². The Bertz CT molecular complexity index is 543. The van der Waals surface area contributed by atoms with Crippen molar-refractivity contribution in [2.45, 2.75) is 19.9 Å². The van der Waals surface area contributed by atoms with E-state index in [9.17, 15) is 10.1 Å². The Balaban J connectivity index is 2.15. The largest absolute Gasteiger partial charge is 0.369 e. The molecular formula is C14H18N4O2. The van der Waals surface area contributed by atoms with E-state index in [4.69, 9.17) is 5.26 Å². The third-order valence-electron chi connectivity index (χ3n) is 3.71. The number of hydrogen-bond donors (Lipinski definition) is 0. The van der Waals surface area contributed by atoms with E-state index in [0.717, 1.165) is 31.9 Å².